The lowest BCUT2D eigenvalue weighted by atomic mass is 10.1. The van der Waals surface area contributed by atoms with Gasteiger partial charge in [0.15, 0.2) is 6.61 Å². The molecule has 0 heterocycles. The minimum absolute atomic E-state index is 0.227. The first-order chi connectivity index (χ1) is 15.1. The summed E-state index contributed by atoms with van der Waals surface area (Å²) in [5, 5.41) is 11.8. The summed E-state index contributed by atoms with van der Waals surface area (Å²) in [5.41, 5.74) is 2.72. The molecule has 3 aromatic rings. The number of hydrogen-bond donors (Lipinski definition) is 1. The fourth-order valence-corrected chi connectivity index (χ4v) is 2.69. The number of methoxy groups -OCH3 is 1. The molecule has 31 heavy (non-hydrogen) atoms. The van der Waals surface area contributed by atoms with Crippen LogP contribution < -0.4 is 10.1 Å². The van der Waals surface area contributed by atoms with Crippen LogP contribution in [0.15, 0.2) is 72.8 Å². The first kappa shape index (κ1) is 21.2. The fourth-order valence-electron chi connectivity index (χ4n) is 2.69. The number of carbonyl (C=O) groups excluding carboxylic acids is 2. The summed E-state index contributed by atoms with van der Waals surface area (Å²) >= 11 is 0. The minimum Gasteiger partial charge on any atom is -0.482 e. The topological polar surface area (TPSA) is 88.4 Å². The van der Waals surface area contributed by atoms with Crippen LogP contribution in [-0.2, 0) is 9.53 Å². The number of anilines is 1. The Kier molecular flexibility index (Phi) is 7.03. The SMILES string of the molecule is COC(=O)c1cccc(C#Cc2cccc(NC(=O)COc3ccccc3C#N)c2)c1. The highest BCUT2D eigenvalue weighted by Gasteiger charge is 2.07. The number of para-hydroxylation sites is 1. The van der Waals surface area contributed by atoms with Crippen molar-refractivity contribution in [2.75, 3.05) is 19.0 Å². The van der Waals surface area contributed by atoms with Crippen LogP contribution in [0.25, 0.3) is 0 Å². The van der Waals surface area contributed by atoms with E-state index in [4.69, 9.17) is 14.7 Å². The van der Waals surface area contributed by atoms with E-state index in [0.29, 0.717) is 33.7 Å². The van der Waals surface area contributed by atoms with Gasteiger partial charge < -0.3 is 14.8 Å². The number of nitriles is 1. The molecule has 6 nitrogen and oxygen atoms in total. The maximum atomic E-state index is 12.2. The molecular weight excluding hydrogens is 392 g/mol. The van der Waals surface area contributed by atoms with Gasteiger partial charge >= 0.3 is 5.97 Å². The first-order valence-electron chi connectivity index (χ1n) is 9.31. The van der Waals surface area contributed by atoms with Gasteiger partial charge in [-0.25, -0.2) is 4.79 Å². The summed E-state index contributed by atoms with van der Waals surface area (Å²) < 4.78 is 10.2. The van der Waals surface area contributed by atoms with Crippen molar-refractivity contribution in [2.45, 2.75) is 0 Å². The molecule has 0 fully saturated rings. The van der Waals surface area contributed by atoms with Gasteiger partial charge in [-0.3, -0.25) is 4.79 Å². The summed E-state index contributed by atoms with van der Waals surface area (Å²) in [5.74, 6) is 5.58. The van der Waals surface area contributed by atoms with Gasteiger partial charge in [0, 0.05) is 16.8 Å². The lowest BCUT2D eigenvalue weighted by molar-refractivity contribution is -0.118. The van der Waals surface area contributed by atoms with Crippen molar-refractivity contribution in [1.29, 1.82) is 5.26 Å². The zero-order chi connectivity index (χ0) is 22.1. The quantitative estimate of drug-likeness (QED) is 0.511. The van der Waals surface area contributed by atoms with Gasteiger partial charge in [-0.05, 0) is 48.5 Å². The van der Waals surface area contributed by atoms with E-state index in [1.165, 1.54) is 7.11 Å². The number of nitrogens with zero attached hydrogens (tertiary/aromatic N) is 1. The normalized spacial score (nSPS) is 9.55. The van der Waals surface area contributed by atoms with Crippen LogP contribution in [0, 0.1) is 23.2 Å². The predicted molar refractivity (Wildman–Crippen MR) is 115 cm³/mol. The number of rotatable bonds is 5. The van der Waals surface area contributed by atoms with Gasteiger partial charge in [0.25, 0.3) is 5.91 Å². The molecule has 0 aromatic heterocycles. The van der Waals surface area contributed by atoms with Gasteiger partial charge in [-0.15, -0.1) is 0 Å². The van der Waals surface area contributed by atoms with E-state index in [0.717, 1.165) is 0 Å². The molecule has 1 N–H and O–H groups in total. The number of nitrogens with one attached hydrogen (secondary N) is 1. The van der Waals surface area contributed by atoms with Gasteiger partial charge in [-0.1, -0.05) is 36.1 Å². The molecular formula is C25H18N2O4. The standard InChI is InChI=1S/C25H18N2O4/c1-30-25(29)20-9-4-6-18(14-20)12-13-19-7-5-10-22(15-19)27-24(28)17-31-23-11-3-2-8-21(23)16-26/h2-11,14-15H,17H2,1H3,(H,27,28). The van der Waals surface area contributed by atoms with Crippen LogP contribution in [0.1, 0.15) is 27.0 Å². The van der Waals surface area contributed by atoms with Gasteiger partial charge in [0.2, 0.25) is 0 Å². The predicted octanol–water partition coefficient (Wildman–Crippen LogP) is 3.76. The van der Waals surface area contributed by atoms with E-state index in [1.54, 1.807) is 66.7 Å². The molecule has 0 aliphatic heterocycles. The Morgan fingerprint density at radius 2 is 1.65 bits per heavy atom. The number of esters is 1. The molecule has 152 valence electrons. The van der Waals surface area contributed by atoms with Crippen molar-refractivity contribution < 1.29 is 19.1 Å². The average Bonchev–Trinajstić information content (AvgIpc) is 2.81. The molecule has 6 heteroatoms. The van der Waals surface area contributed by atoms with E-state index in [2.05, 4.69) is 17.2 Å². The first-order valence-corrected chi connectivity index (χ1v) is 9.31. The maximum absolute atomic E-state index is 12.2. The third-order valence-electron chi connectivity index (χ3n) is 4.15. The fraction of sp³-hybridized carbons (Fsp3) is 0.0800. The van der Waals surface area contributed by atoms with E-state index in [1.807, 2.05) is 12.1 Å². The highest BCUT2D eigenvalue weighted by atomic mass is 16.5. The Morgan fingerprint density at radius 1 is 0.935 bits per heavy atom. The molecule has 0 spiro atoms. The molecule has 0 radical (unpaired) electrons. The highest BCUT2D eigenvalue weighted by Crippen LogP contribution is 2.17. The van der Waals surface area contributed by atoms with Crippen LogP contribution in [0.5, 0.6) is 5.75 Å². The van der Waals surface area contributed by atoms with Crippen LogP contribution in [0.3, 0.4) is 0 Å². The van der Waals surface area contributed by atoms with Crippen LogP contribution in [-0.4, -0.2) is 25.6 Å². The number of amides is 1. The van der Waals surface area contributed by atoms with Crippen LogP contribution in [0.2, 0.25) is 0 Å². The molecule has 1 amide bonds. The van der Waals surface area contributed by atoms with Crippen LogP contribution in [0.4, 0.5) is 5.69 Å². The maximum Gasteiger partial charge on any atom is 0.337 e. The second-order valence-corrected chi connectivity index (χ2v) is 6.35. The molecule has 0 saturated carbocycles. The van der Waals surface area contributed by atoms with E-state index >= 15 is 0 Å². The van der Waals surface area contributed by atoms with E-state index < -0.39 is 5.97 Å². The smallest absolute Gasteiger partial charge is 0.337 e. The number of hydrogen-bond acceptors (Lipinski definition) is 5. The van der Waals surface area contributed by atoms with Gasteiger partial charge in [0.05, 0.1) is 18.2 Å². The molecule has 0 aliphatic rings. The number of ether oxygens (including phenoxy) is 2. The second kappa shape index (κ2) is 10.3. The Labute approximate surface area is 180 Å². The summed E-state index contributed by atoms with van der Waals surface area (Å²) in [6.45, 7) is -0.227. The second-order valence-electron chi connectivity index (χ2n) is 6.35. The summed E-state index contributed by atoms with van der Waals surface area (Å²) in [6, 6.07) is 22.6. The van der Waals surface area contributed by atoms with Gasteiger partial charge in [0.1, 0.15) is 11.8 Å². The Morgan fingerprint density at radius 3 is 2.39 bits per heavy atom. The zero-order valence-corrected chi connectivity index (χ0v) is 16.7. The third kappa shape index (κ3) is 5.96. The summed E-state index contributed by atoms with van der Waals surface area (Å²) in [4.78, 5) is 23.8. The van der Waals surface area contributed by atoms with Crippen molar-refractivity contribution >= 4 is 17.6 Å². The summed E-state index contributed by atoms with van der Waals surface area (Å²) in [7, 11) is 1.33. The molecule has 0 aliphatic carbocycles. The monoisotopic (exact) mass is 410 g/mol. The summed E-state index contributed by atoms with van der Waals surface area (Å²) in [6.07, 6.45) is 0. The molecule has 0 unspecified atom stereocenters. The van der Waals surface area contributed by atoms with E-state index in [9.17, 15) is 9.59 Å². The van der Waals surface area contributed by atoms with Crippen molar-refractivity contribution in [3.8, 4) is 23.7 Å². The highest BCUT2D eigenvalue weighted by molar-refractivity contribution is 5.92. The lowest BCUT2D eigenvalue weighted by Gasteiger charge is -2.08. The Hall–Kier alpha value is -4.55. The Balaban J connectivity index is 1.65. The molecule has 0 bridgehead atoms. The van der Waals surface area contributed by atoms with Crippen molar-refractivity contribution in [3.63, 3.8) is 0 Å². The van der Waals surface area contributed by atoms with Crippen molar-refractivity contribution in [3.05, 3.63) is 95.1 Å². The molecule has 0 atom stereocenters. The van der Waals surface area contributed by atoms with Crippen LogP contribution >= 0.6 is 0 Å². The third-order valence-corrected chi connectivity index (χ3v) is 4.15. The average molecular weight is 410 g/mol. The minimum atomic E-state index is -0.423. The molecule has 3 rings (SSSR count). The Bertz CT molecular complexity index is 1220. The van der Waals surface area contributed by atoms with Crippen molar-refractivity contribution in [1.82, 2.24) is 0 Å². The number of carbonyl (C=O) groups is 2. The number of benzene rings is 3. The largest absolute Gasteiger partial charge is 0.482 e. The van der Waals surface area contributed by atoms with E-state index in [-0.39, 0.29) is 12.5 Å². The lowest BCUT2D eigenvalue weighted by Crippen LogP contribution is -2.20. The molecule has 0 saturated heterocycles. The van der Waals surface area contributed by atoms with Crippen molar-refractivity contribution in [2.24, 2.45) is 0 Å². The van der Waals surface area contributed by atoms with Gasteiger partial charge in [-0.2, -0.15) is 5.26 Å². The molecule has 3 aromatic carbocycles. The zero-order valence-electron chi connectivity index (χ0n) is 16.7.